The van der Waals surface area contributed by atoms with Crippen molar-refractivity contribution < 1.29 is 4.39 Å². The normalized spacial score (nSPS) is 12.7. The van der Waals surface area contributed by atoms with E-state index in [1.54, 1.807) is 12.1 Å². The highest BCUT2D eigenvalue weighted by Crippen LogP contribution is 2.25. The van der Waals surface area contributed by atoms with Gasteiger partial charge in [0.15, 0.2) is 0 Å². The van der Waals surface area contributed by atoms with Gasteiger partial charge in [0.2, 0.25) is 0 Å². The van der Waals surface area contributed by atoms with Crippen LogP contribution in [0.5, 0.6) is 0 Å². The molecule has 1 aromatic heterocycles. The third-order valence-corrected chi connectivity index (χ3v) is 2.54. The van der Waals surface area contributed by atoms with E-state index in [1.807, 2.05) is 24.5 Å². The summed E-state index contributed by atoms with van der Waals surface area (Å²) in [5, 5.41) is 0. The van der Waals surface area contributed by atoms with Gasteiger partial charge < -0.3 is 10.7 Å². The molecule has 1 aromatic carbocycles. The molecule has 0 saturated carbocycles. The number of aromatic amines is 1. The third-order valence-electron chi connectivity index (χ3n) is 2.54. The summed E-state index contributed by atoms with van der Waals surface area (Å²) in [5.74, 6) is -0.272. The Hall–Kier alpha value is -1.61. The Morgan fingerprint density at radius 1 is 1.27 bits per heavy atom. The van der Waals surface area contributed by atoms with Crippen LogP contribution in [0.2, 0.25) is 0 Å². The van der Waals surface area contributed by atoms with Crippen LogP contribution in [0.15, 0.2) is 42.7 Å². The SMILES string of the molecule is NCC(c1cc[nH]c1)c1ccccc1F. The van der Waals surface area contributed by atoms with E-state index in [0.717, 1.165) is 5.56 Å². The second-order valence-electron chi connectivity index (χ2n) is 3.45. The number of hydrogen-bond acceptors (Lipinski definition) is 1. The lowest BCUT2D eigenvalue weighted by molar-refractivity contribution is 0.597. The topological polar surface area (TPSA) is 41.8 Å². The Kier molecular flexibility index (Phi) is 2.83. The van der Waals surface area contributed by atoms with Crippen LogP contribution < -0.4 is 5.73 Å². The first-order valence-corrected chi connectivity index (χ1v) is 4.90. The zero-order valence-electron chi connectivity index (χ0n) is 8.28. The molecule has 0 aliphatic heterocycles. The van der Waals surface area contributed by atoms with Gasteiger partial charge in [-0.2, -0.15) is 0 Å². The highest BCUT2D eigenvalue weighted by atomic mass is 19.1. The Balaban J connectivity index is 2.40. The minimum atomic E-state index is -0.200. The largest absolute Gasteiger partial charge is 0.367 e. The van der Waals surface area contributed by atoms with Crippen LogP contribution in [-0.4, -0.2) is 11.5 Å². The number of aromatic nitrogens is 1. The lowest BCUT2D eigenvalue weighted by atomic mass is 9.93. The summed E-state index contributed by atoms with van der Waals surface area (Å²) in [5.41, 5.74) is 7.35. The molecule has 2 nitrogen and oxygen atoms in total. The van der Waals surface area contributed by atoms with Gasteiger partial charge in [-0.05, 0) is 23.3 Å². The first kappa shape index (κ1) is 9.93. The molecular formula is C12H13FN2. The molecule has 0 fully saturated rings. The van der Waals surface area contributed by atoms with Crippen molar-refractivity contribution >= 4 is 0 Å². The first-order valence-electron chi connectivity index (χ1n) is 4.90. The molecule has 1 heterocycles. The summed E-state index contributed by atoms with van der Waals surface area (Å²) >= 11 is 0. The molecule has 0 spiro atoms. The van der Waals surface area contributed by atoms with Crippen molar-refractivity contribution in [3.63, 3.8) is 0 Å². The summed E-state index contributed by atoms with van der Waals surface area (Å²) in [6.07, 6.45) is 3.67. The number of rotatable bonds is 3. The molecule has 1 unspecified atom stereocenters. The van der Waals surface area contributed by atoms with E-state index in [2.05, 4.69) is 4.98 Å². The molecule has 78 valence electrons. The molecule has 1 atom stereocenters. The molecule has 3 N–H and O–H groups in total. The van der Waals surface area contributed by atoms with Gasteiger partial charge >= 0.3 is 0 Å². The maximum Gasteiger partial charge on any atom is 0.127 e. The average Bonchev–Trinajstić information content (AvgIpc) is 2.75. The zero-order chi connectivity index (χ0) is 10.7. The standard InChI is InChI=1S/C12H13FN2/c13-12-4-2-1-3-10(12)11(7-14)9-5-6-15-8-9/h1-6,8,11,15H,7,14H2. The first-order chi connectivity index (χ1) is 7.33. The van der Waals surface area contributed by atoms with E-state index < -0.39 is 0 Å². The highest BCUT2D eigenvalue weighted by Gasteiger charge is 2.15. The third kappa shape index (κ3) is 1.92. The van der Waals surface area contributed by atoms with Gasteiger partial charge in [-0.3, -0.25) is 0 Å². The van der Waals surface area contributed by atoms with E-state index in [0.29, 0.717) is 12.1 Å². The minimum absolute atomic E-state index is 0.0718. The summed E-state index contributed by atoms with van der Waals surface area (Å²) in [6.45, 7) is 0.402. The van der Waals surface area contributed by atoms with Gasteiger partial charge in [-0.1, -0.05) is 18.2 Å². The van der Waals surface area contributed by atoms with Crippen molar-refractivity contribution in [3.8, 4) is 0 Å². The number of H-pyrrole nitrogens is 1. The molecule has 15 heavy (non-hydrogen) atoms. The average molecular weight is 204 g/mol. The monoisotopic (exact) mass is 204 g/mol. The number of hydrogen-bond donors (Lipinski definition) is 2. The summed E-state index contributed by atoms with van der Waals surface area (Å²) in [4.78, 5) is 2.96. The zero-order valence-corrected chi connectivity index (χ0v) is 8.28. The molecule has 0 aliphatic carbocycles. The molecule has 0 aliphatic rings. The molecule has 0 saturated heterocycles. The summed E-state index contributed by atoms with van der Waals surface area (Å²) < 4.78 is 13.6. The second kappa shape index (κ2) is 4.28. The smallest absolute Gasteiger partial charge is 0.127 e. The fraction of sp³-hybridized carbons (Fsp3) is 0.167. The van der Waals surface area contributed by atoms with Crippen LogP contribution in [0.4, 0.5) is 4.39 Å². The minimum Gasteiger partial charge on any atom is -0.367 e. The van der Waals surface area contributed by atoms with Gasteiger partial charge in [0.05, 0.1) is 0 Å². The quantitative estimate of drug-likeness (QED) is 0.791. The predicted molar refractivity (Wildman–Crippen MR) is 58.1 cm³/mol. The molecule has 2 aromatic rings. The fourth-order valence-electron chi connectivity index (χ4n) is 1.75. The van der Waals surface area contributed by atoms with E-state index in [-0.39, 0.29) is 11.7 Å². The van der Waals surface area contributed by atoms with Gasteiger partial charge in [-0.15, -0.1) is 0 Å². The van der Waals surface area contributed by atoms with Crippen LogP contribution in [-0.2, 0) is 0 Å². The van der Waals surface area contributed by atoms with E-state index >= 15 is 0 Å². The molecule has 0 radical (unpaired) electrons. The Morgan fingerprint density at radius 3 is 2.67 bits per heavy atom. The maximum absolute atomic E-state index is 13.6. The fourth-order valence-corrected chi connectivity index (χ4v) is 1.75. The van der Waals surface area contributed by atoms with E-state index in [1.165, 1.54) is 6.07 Å². The lowest BCUT2D eigenvalue weighted by Crippen LogP contribution is -2.14. The van der Waals surface area contributed by atoms with E-state index in [4.69, 9.17) is 5.73 Å². The Labute approximate surface area is 87.9 Å². The van der Waals surface area contributed by atoms with Crippen LogP contribution in [0.25, 0.3) is 0 Å². The Morgan fingerprint density at radius 2 is 2.07 bits per heavy atom. The number of nitrogens with one attached hydrogen (secondary N) is 1. The summed E-state index contributed by atoms with van der Waals surface area (Å²) in [6, 6.07) is 8.67. The molecule has 0 amide bonds. The molecule has 0 bridgehead atoms. The van der Waals surface area contributed by atoms with Crippen molar-refractivity contribution in [2.45, 2.75) is 5.92 Å². The number of benzene rings is 1. The molecule has 2 rings (SSSR count). The van der Waals surface area contributed by atoms with Crippen molar-refractivity contribution in [1.29, 1.82) is 0 Å². The predicted octanol–water partition coefficient (Wildman–Crippen LogP) is 2.24. The number of nitrogens with two attached hydrogens (primary N) is 1. The van der Waals surface area contributed by atoms with E-state index in [9.17, 15) is 4.39 Å². The molecule has 3 heteroatoms. The van der Waals surface area contributed by atoms with Crippen LogP contribution >= 0.6 is 0 Å². The van der Waals surface area contributed by atoms with Crippen LogP contribution in [0.3, 0.4) is 0 Å². The Bertz CT molecular complexity index is 423. The van der Waals surface area contributed by atoms with Crippen molar-refractivity contribution in [3.05, 3.63) is 59.7 Å². The van der Waals surface area contributed by atoms with Gasteiger partial charge in [0, 0.05) is 24.9 Å². The highest BCUT2D eigenvalue weighted by molar-refractivity contribution is 5.32. The summed E-state index contributed by atoms with van der Waals surface area (Å²) in [7, 11) is 0. The van der Waals surface area contributed by atoms with Crippen molar-refractivity contribution in [1.82, 2.24) is 4.98 Å². The second-order valence-corrected chi connectivity index (χ2v) is 3.45. The van der Waals surface area contributed by atoms with Crippen LogP contribution in [0, 0.1) is 5.82 Å². The van der Waals surface area contributed by atoms with Gasteiger partial charge in [0.1, 0.15) is 5.82 Å². The number of halogens is 1. The van der Waals surface area contributed by atoms with Gasteiger partial charge in [-0.25, -0.2) is 4.39 Å². The van der Waals surface area contributed by atoms with Gasteiger partial charge in [0.25, 0.3) is 0 Å². The molecular weight excluding hydrogens is 191 g/mol. The van der Waals surface area contributed by atoms with Crippen LogP contribution in [0.1, 0.15) is 17.0 Å². The lowest BCUT2D eigenvalue weighted by Gasteiger charge is -2.14. The van der Waals surface area contributed by atoms with Crippen molar-refractivity contribution in [2.24, 2.45) is 5.73 Å². The maximum atomic E-state index is 13.6. The van der Waals surface area contributed by atoms with Crippen molar-refractivity contribution in [2.75, 3.05) is 6.54 Å².